The molecule has 11 nitrogen and oxygen atoms in total. The molecule has 7 heterocycles. The zero-order chi connectivity index (χ0) is 37.5. The first-order valence-corrected chi connectivity index (χ1v) is 18.4. The predicted octanol–water partition coefficient (Wildman–Crippen LogP) is 6.27. The number of morpholine rings is 1. The predicted molar refractivity (Wildman–Crippen MR) is 189 cm³/mol. The number of nitriles is 1. The Hall–Kier alpha value is -4.86. The number of benzene rings is 2. The molecule has 0 aliphatic carbocycles. The van der Waals surface area contributed by atoms with Crippen LogP contribution in [0.4, 0.5) is 43.0 Å². The number of rotatable bonds is 6. The van der Waals surface area contributed by atoms with E-state index in [0.29, 0.717) is 57.2 Å². The van der Waals surface area contributed by atoms with Crippen LogP contribution in [0.15, 0.2) is 24.3 Å². The molecule has 2 atom stereocenters. The maximum atomic E-state index is 17.2. The number of alkyl halides is 4. The summed E-state index contributed by atoms with van der Waals surface area (Å²) in [7, 11) is 0. The number of aromatic nitrogens is 4. The van der Waals surface area contributed by atoms with E-state index >= 15 is 17.6 Å². The molecule has 0 bridgehead atoms. The Bertz CT molecular complexity index is 2350. The van der Waals surface area contributed by atoms with Crippen LogP contribution in [0.25, 0.3) is 32.1 Å². The smallest absolute Gasteiger partial charge is 0.417 e. The Morgan fingerprint density at radius 2 is 1.89 bits per heavy atom. The van der Waals surface area contributed by atoms with Crippen molar-refractivity contribution in [2.75, 3.05) is 68.1 Å². The van der Waals surface area contributed by atoms with Gasteiger partial charge in [0.1, 0.15) is 41.0 Å². The second-order valence-corrected chi connectivity index (χ2v) is 15.2. The number of nitrogens with zero attached hydrogens (tertiary/aromatic N) is 8. The van der Waals surface area contributed by atoms with E-state index in [1.807, 2.05) is 21.7 Å². The summed E-state index contributed by atoms with van der Waals surface area (Å²) in [6.45, 7) is 4.24. The quantitative estimate of drug-likeness (QED) is 0.198. The third-order valence-electron chi connectivity index (χ3n) is 11.0. The highest BCUT2D eigenvalue weighted by molar-refractivity contribution is 7.23. The number of ether oxygens (including phenoxy) is 2. The number of hydrogen-bond acceptors (Lipinski definition) is 11. The number of anilines is 3. The van der Waals surface area contributed by atoms with Crippen molar-refractivity contribution in [3.63, 3.8) is 0 Å². The molecule has 4 aliphatic rings. The van der Waals surface area contributed by atoms with E-state index in [4.69, 9.17) is 20.3 Å². The molecule has 3 aromatic heterocycles. The van der Waals surface area contributed by atoms with Crippen LogP contribution in [0.5, 0.6) is 6.01 Å². The lowest BCUT2D eigenvalue weighted by Gasteiger charge is -2.32. The van der Waals surface area contributed by atoms with E-state index in [1.54, 1.807) is 4.90 Å². The first kappa shape index (κ1) is 34.9. The highest BCUT2D eigenvalue weighted by Gasteiger charge is 2.49. The number of halogens is 6. The summed E-state index contributed by atoms with van der Waals surface area (Å²) in [5, 5.41) is 14.1. The monoisotopic (exact) mass is 769 g/mol. The Labute approximate surface area is 308 Å². The molecule has 54 heavy (non-hydrogen) atoms. The molecule has 2 aromatic carbocycles. The molecular weight excluding hydrogens is 737 g/mol. The lowest BCUT2D eigenvalue weighted by atomic mass is 9.92. The first-order valence-electron chi connectivity index (χ1n) is 17.6. The number of fused-ring (bicyclic) bond motifs is 4. The number of nitrogens with two attached hydrogens (primary N) is 1. The summed E-state index contributed by atoms with van der Waals surface area (Å²) >= 11 is 0.693. The third-order valence-corrected chi connectivity index (χ3v) is 12.1. The highest BCUT2D eigenvalue weighted by Crippen LogP contribution is 2.48. The second kappa shape index (κ2) is 12.9. The van der Waals surface area contributed by atoms with Crippen molar-refractivity contribution < 1.29 is 35.8 Å². The van der Waals surface area contributed by atoms with Crippen LogP contribution in [0, 0.1) is 23.0 Å². The van der Waals surface area contributed by atoms with Crippen LogP contribution in [0.3, 0.4) is 0 Å². The fourth-order valence-electron chi connectivity index (χ4n) is 8.52. The lowest BCUT2D eigenvalue weighted by molar-refractivity contribution is -0.137. The standard InChI is InChI=1S/C36H33F6N9O2S/c37-19-14-35(4-1-5-50(35)16-19)18-53-34-45-30-22(33(46-34)49-6-7-51-20(17-49)12-26(47-51)48-8-10-52-11-9-48)13-24(36(40,41)42)28(29(30)39)21-2-3-25(38)31-27(21)23(15-43)32(44)54-31/h2-3,12-13,19H,1,4-11,14,16-18,44H2. The van der Waals surface area contributed by atoms with Gasteiger partial charge in [-0.1, -0.05) is 6.07 Å². The van der Waals surface area contributed by atoms with E-state index in [0.717, 1.165) is 36.1 Å². The van der Waals surface area contributed by atoms with Crippen molar-refractivity contribution in [3.05, 3.63) is 52.7 Å². The van der Waals surface area contributed by atoms with E-state index in [1.165, 1.54) is 0 Å². The summed E-state index contributed by atoms with van der Waals surface area (Å²) in [4.78, 5) is 14.9. The maximum Gasteiger partial charge on any atom is 0.417 e. The van der Waals surface area contributed by atoms with Gasteiger partial charge in [0.15, 0.2) is 11.6 Å². The van der Waals surface area contributed by atoms with Crippen molar-refractivity contribution >= 4 is 49.0 Å². The van der Waals surface area contributed by atoms with Gasteiger partial charge in [-0.25, -0.2) is 13.2 Å². The van der Waals surface area contributed by atoms with E-state index < -0.39 is 46.2 Å². The maximum absolute atomic E-state index is 17.2. The number of hydrogen-bond donors (Lipinski definition) is 1. The number of nitrogen functional groups attached to an aromatic ring is 1. The molecule has 0 amide bonds. The van der Waals surface area contributed by atoms with Gasteiger partial charge in [0.2, 0.25) is 0 Å². The minimum atomic E-state index is -5.10. The normalized spacial score (nSPS) is 21.9. The van der Waals surface area contributed by atoms with Crippen molar-refractivity contribution in [1.29, 1.82) is 5.26 Å². The van der Waals surface area contributed by atoms with E-state index in [2.05, 4.69) is 14.9 Å². The molecule has 3 saturated heterocycles. The van der Waals surface area contributed by atoms with Crippen molar-refractivity contribution in [1.82, 2.24) is 24.6 Å². The van der Waals surface area contributed by atoms with Crippen molar-refractivity contribution in [2.24, 2.45) is 0 Å². The van der Waals surface area contributed by atoms with Crippen LogP contribution in [-0.4, -0.2) is 88.9 Å². The summed E-state index contributed by atoms with van der Waals surface area (Å²) < 4.78 is 106. The minimum absolute atomic E-state index is 0.00144. The van der Waals surface area contributed by atoms with Gasteiger partial charge in [0.25, 0.3) is 0 Å². The topological polar surface area (TPSA) is 122 Å². The van der Waals surface area contributed by atoms with Crippen molar-refractivity contribution in [2.45, 2.75) is 50.2 Å². The van der Waals surface area contributed by atoms with E-state index in [9.17, 15) is 14.0 Å². The Morgan fingerprint density at radius 1 is 1.07 bits per heavy atom. The summed E-state index contributed by atoms with van der Waals surface area (Å²) in [5.41, 5.74) is 2.82. The molecule has 2 unspecified atom stereocenters. The van der Waals surface area contributed by atoms with Crippen LogP contribution in [-0.2, 0) is 24.0 Å². The summed E-state index contributed by atoms with van der Waals surface area (Å²) in [6, 6.07) is 6.22. The summed E-state index contributed by atoms with van der Waals surface area (Å²) in [5.74, 6) is -1.40. The average molecular weight is 770 g/mol. The molecule has 0 radical (unpaired) electrons. The molecule has 282 valence electrons. The number of thiophene rings is 1. The zero-order valence-corrected chi connectivity index (χ0v) is 29.5. The molecule has 3 fully saturated rings. The highest BCUT2D eigenvalue weighted by atomic mass is 32.1. The second-order valence-electron chi connectivity index (χ2n) is 14.2. The molecule has 0 spiro atoms. The van der Waals surface area contributed by atoms with Crippen molar-refractivity contribution in [3.8, 4) is 23.2 Å². The fraction of sp³-hybridized carbons (Fsp3) is 0.444. The van der Waals surface area contributed by atoms with Crippen LogP contribution in [0.2, 0.25) is 0 Å². The van der Waals surface area contributed by atoms with Gasteiger partial charge in [-0.15, -0.1) is 11.3 Å². The Balaban J connectivity index is 1.21. The molecule has 5 aromatic rings. The average Bonchev–Trinajstić information content (AvgIpc) is 3.91. The lowest BCUT2D eigenvalue weighted by Crippen LogP contribution is -2.43. The van der Waals surface area contributed by atoms with Crippen LogP contribution >= 0.6 is 11.3 Å². The van der Waals surface area contributed by atoms with Gasteiger partial charge in [-0.2, -0.15) is 33.5 Å². The van der Waals surface area contributed by atoms with Crippen LogP contribution < -0.4 is 20.3 Å². The Kier molecular flexibility index (Phi) is 8.32. The van der Waals surface area contributed by atoms with E-state index in [-0.39, 0.29) is 76.1 Å². The van der Waals surface area contributed by atoms with Gasteiger partial charge in [-0.05, 0) is 37.1 Å². The Morgan fingerprint density at radius 3 is 2.67 bits per heavy atom. The zero-order valence-electron chi connectivity index (χ0n) is 28.7. The van der Waals surface area contributed by atoms with Gasteiger partial charge < -0.3 is 25.0 Å². The largest absolute Gasteiger partial charge is 0.461 e. The van der Waals surface area contributed by atoms with Gasteiger partial charge in [0, 0.05) is 55.0 Å². The molecule has 9 rings (SSSR count). The third kappa shape index (κ3) is 5.66. The SMILES string of the molecule is N#Cc1c(N)sc2c(F)ccc(-c3c(C(F)(F)F)cc4c(N5CCn6nc(N7CCOCC7)cc6C5)nc(OCC56CCCN5CC(F)C6)nc4c3F)c12. The van der Waals surface area contributed by atoms with Gasteiger partial charge in [0.05, 0.1) is 53.4 Å². The minimum Gasteiger partial charge on any atom is -0.461 e. The van der Waals surface area contributed by atoms with Gasteiger partial charge in [-0.3, -0.25) is 9.58 Å². The van der Waals surface area contributed by atoms with Crippen LogP contribution in [0.1, 0.15) is 36.1 Å². The first-order chi connectivity index (χ1) is 25.9. The molecule has 0 saturated carbocycles. The van der Waals surface area contributed by atoms with Gasteiger partial charge >= 0.3 is 12.2 Å². The molecule has 18 heteroatoms. The molecule has 2 N–H and O–H groups in total. The molecule has 4 aliphatic heterocycles. The molecular formula is C36H33F6N9O2S. The fourth-order valence-corrected chi connectivity index (χ4v) is 9.47. The summed E-state index contributed by atoms with van der Waals surface area (Å²) in [6.07, 6.45) is -4.38.